The molecule has 0 bridgehead atoms. The van der Waals surface area contributed by atoms with E-state index in [0.29, 0.717) is 18.1 Å². The van der Waals surface area contributed by atoms with Gasteiger partial charge in [-0.25, -0.2) is 5.48 Å². The van der Waals surface area contributed by atoms with Gasteiger partial charge in [-0.15, -0.1) is 12.4 Å². The number of rotatable bonds is 13. The Morgan fingerprint density at radius 1 is 0.967 bits per heavy atom. The van der Waals surface area contributed by atoms with Crippen LogP contribution in [-0.4, -0.2) is 42.3 Å². The molecule has 0 spiro atoms. The summed E-state index contributed by atoms with van der Waals surface area (Å²) in [6.45, 7) is 5.52. The van der Waals surface area contributed by atoms with Gasteiger partial charge in [0.25, 0.3) is 0 Å². The lowest BCUT2D eigenvalue weighted by Crippen LogP contribution is -2.27. The van der Waals surface area contributed by atoms with E-state index in [1.165, 1.54) is 0 Å². The highest BCUT2D eigenvalue weighted by molar-refractivity contribution is 6.30. The van der Waals surface area contributed by atoms with Gasteiger partial charge in [-0.1, -0.05) is 18.5 Å². The summed E-state index contributed by atoms with van der Waals surface area (Å²) in [4.78, 5) is 13.3. The van der Waals surface area contributed by atoms with Gasteiger partial charge in [-0.3, -0.25) is 10.0 Å². The fourth-order valence-electron chi connectivity index (χ4n) is 2.82. The van der Waals surface area contributed by atoms with Gasteiger partial charge in [0.15, 0.2) is 0 Å². The first kappa shape index (κ1) is 26.0. The predicted octanol–water partition coefficient (Wildman–Crippen LogP) is 5.32. The Balaban J connectivity index is 0.00000450. The Morgan fingerprint density at radius 2 is 1.53 bits per heavy atom. The van der Waals surface area contributed by atoms with E-state index < -0.39 is 0 Å². The average Bonchev–Trinajstić information content (AvgIpc) is 2.74. The molecule has 0 aromatic heterocycles. The number of ether oxygens (including phenoxy) is 2. The van der Waals surface area contributed by atoms with Crippen molar-refractivity contribution in [1.29, 1.82) is 0 Å². The molecule has 0 aliphatic heterocycles. The maximum absolute atomic E-state index is 11.0. The molecule has 0 atom stereocenters. The van der Waals surface area contributed by atoms with E-state index in [-0.39, 0.29) is 18.3 Å². The van der Waals surface area contributed by atoms with E-state index in [4.69, 9.17) is 26.3 Å². The molecule has 0 saturated heterocycles. The largest absolute Gasteiger partial charge is 0.494 e. The lowest BCUT2D eigenvalue weighted by molar-refractivity contribution is -0.129. The smallest absolute Gasteiger partial charge is 0.243 e. The fourth-order valence-corrected chi connectivity index (χ4v) is 2.94. The van der Waals surface area contributed by atoms with Crippen molar-refractivity contribution in [2.75, 3.05) is 26.2 Å². The van der Waals surface area contributed by atoms with Crippen LogP contribution in [0.1, 0.15) is 32.6 Å². The maximum Gasteiger partial charge on any atom is 0.243 e. The summed E-state index contributed by atoms with van der Waals surface area (Å²) in [6.07, 6.45) is 3.06. The third-order valence-electron chi connectivity index (χ3n) is 4.46. The number of nitrogens with one attached hydrogen (secondary N) is 1. The first-order valence-electron chi connectivity index (χ1n) is 9.92. The minimum absolute atomic E-state index is 0. The Bertz CT molecular complexity index is 727. The van der Waals surface area contributed by atoms with Gasteiger partial charge in [0.05, 0.1) is 6.61 Å². The van der Waals surface area contributed by atoms with Crippen LogP contribution in [0.25, 0.3) is 0 Å². The zero-order valence-electron chi connectivity index (χ0n) is 17.2. The van der Waals surface area contributed by atoms with Crippen LogP contribution < -0.4 is 15.0 Å². The van der Waals surface area contributed by atoms with Crippen molar-refractivity contribution in [3.63, 3.8) is 0 Å². The molecule has 166 valence electrons. The van der Waals surface area contributed by atoms with Crippen LogP contribution in [0.3, 0.4) is 0 Å². The minimum Gasteiger partial charge on any atom is -0.494 e. The number of halogens is 2. The van der Waals surface area contributed by atoms with Gasteiger partial charge in [0.1, 0.15) is 17.2 Å². The highest BCUT2D eigenvalue weighted by atomic mass is 35.5. The molecule has 2 N–H and O–H groups in total. The molecular formula is C22H30Cl2N2O4. The zero-order valence-corrected chi connectivity index (χ0v) is 18.8. The van der Waals surface area contributed by atoms with Gasteiger partial charge in [0.2, 0.25) is 5.91 Å². The first-order valence-corrected chi connectivity index (χ1v) is 10.3. The molecule has 0 unspecified atom stereocenters. The van der Waals surface area contributed by atoms with Crippen molar-refractivity contribution in [1.82, 2.24) is 10.4 Å². The van der Waals surface area contributed by atoms with Gasteiger partial charge < -0.3 is 14.4 Å². The summed E-state index contributed by atoms with van der Waals surface area (Å²) in [5, 5.41) is 9.18. The summed E-state index contributed by atoms with van der Waals surface area (Å²) in [7, 11) is 0. The summed E-state index contributed by atoms with van der Waals surface area (Å²) in [5.74, 6) is 1.96. The summed E-state index contributed by atoms with van der Waals surface area (Å²) < 4.78 is 11.6. The van der Waals surface area contributed by atoms with E-state index in [1.807, 2.05) is 36.4 Å². The normalized spacial score (nSPS) is 10.4. The molecule has 6 nitrogen and oxygen atoms in total. The summed E-state index contributed by atoms with van der Waals surface area (Å²) in [6, 6.07) is 14.8. The predicted molar refractivity (Wildman–Crippen MR) is 121 cm³/mol. The summed E-state index contributed by atoms with van der Waals surface area (Å²) in [5.41, 5.74) is 1.66. The van der Waals surface area contributed by atoms with Gasteiger partial charge in [0, 0.05) is 11.4 Å². The standard InChI is InChI=1S/C22H29ClN2O4.ClH/c1-2-25(16-5-6-22(26)24-27)15-3-4-17-28-19-11-13-21(14-12-19)29-20-9-7-18(23)8-10-20;/h7-14,27H,2-6,15-17H2,1H3,(H,24,26);1H. The Hall–Kier alpha value is -1.99. The molecule has 2 rings (SSSR count). The number of carbonyl (C=O) groups is 1. The second-order valence-corrected chi connectivity index (χ2v) is 7.09. The van der Waals surface area contributed by atoms with E-state index in [2.05, 4.69) is 11.8 Å². The number of hydrogen-bond donors (Lipinski definition) is 2. The Labute approximate surface area is 189 Å². The zero-order chi connectivity index (χ0) is 20.9. The van der Waals surface area contributed by atoms with Crippen LogP contribution in [-0.2, 0) is 4.79 Å². The second-order valence-electron chi connectivity index (χ2n) is 6.66. The molecule has 2 aromatic rings. The minimum atomic E-state index is -0.334. The molecule has 0 aliphatic rings. The highest BCUT2D eigenvalue weighted by Gasteiger charge is 2.05. The highest BCUT2D eigenvalue weighted by Crippen LogP contribution is 2.25. The van der Waals surface area contributed by atoms with Gasteiger partial charge >= 0.3 is 0 Å². The number of carbonyl (C=O) groups excluding carboxylic acids is 1. The topological polar surface area (TPSA) is 71.0 Å². The molecule has 2 aromatic carbocycles. The van der Waals surface area contributed by atoms with Crippen LogP contribution in [0.4, 0.5) is 0 Å². The van der Waals surface area contributed by atoms with Crippen LogP contribution in [0.2, 0.25) is 5.02 Å². The Kier molecular flexibility index (Phi) is 12.9. The van der Waals surface area contributed by atoms with Crippen molar-refractivity contribution in [2.24, 2.45) is 0 Å². The molecule has 0 fully saturated rings. The Morgan fingerprint density at radius 3 is 2.13 bits per heavy atom. The molecule has 0 heterocycles. The molecular weight excluding hydrogens is 427 g/mol. The van der Waals surface area contributed by atoms with Crippen LogP contribution in [0.15, 0.2) is 48.5 Å². The summed E-state index contributed by atoms with van der Waals surface area (Å²) >= 11 is 5.87. The van der Waals surface area contributed by atoms with E-state index in [9.17, 15) is 4.79 Å². The molecule has 0 saturated carbocycles. The molecule has 8 heteroatoms. The van der Waals surface area contributed by atoms with Crippen LogP contribution >= 0.6 is 24.0 Å². The number of unbranched alkanes of at least 4 members (excludes halogenated alkanes) is 1. The third-order valence-corrected chi connectivity index (χ3v) is 4.71. The van der Waals surface area contributed by atoms with Crippen molar-refractivity contribution < 1.29 is 19.5 Å². The fraction of sp³-hybridized carbons (Fsp3) is 0.409. The molecule has 30 heavy (non-hydrogen) atoms. The van der Waals surface area contributed by atoms with Crippen molar-refractivity contribution in [2.45, 2.75) is 32.6 Å². The average molecular weight is 457 g/mol. The van der Waals surface area contributed by atoms with E-state index in [1.54, 1.807) is 17.6 Å². The van der Waals surface area contributed by atoms with Gasteiger partial charge in [-0.05, 0) is 87.4 Å². The van der Waals surface area contributed by atoms with Crippen molar-refractivity contribution >= 4 is 29.9 Å². The molecule has 0 aliphatic carbocycles. The number of nitrogens with zero attached hydrogens (tertiary/aromatic N) is 1. The van der Waals surface area contributed by atoms with E-state index >= 15 is 0 Å². The molecule has 0 radical (unpaired) electrons. The van der Waals surface area contributed by atoms with Crippen LogP contribution in [0.5, 0.6) is 17.2 Å². The second kappa shape index (κ2) is 14.9. The number of hydroxylamine groups is 1. The quantitative estimate of drug-likeness (QED) is 0.242. The monoisotopic (exact) mass is 456 g/mol. The SMILES string of the molecule is CCN(CCCCOc1ccc(Oc2ccc(Cl)cc2)cc1)CCCC(=O)NO.Cl. The van der Waals surface area contributed by atoms with Crippen molar-refractivity contribution in [3.05, 3.63) is 53.6 Å². The third kappa shape index (κ3) is 10.2. The number of amides is 1. The lowest BCUT2D eigenvalue weighted by Gasteiger charge is -2.20. The molecule has 1 amide bonds. The first-order chi connectivity index (χ1) is 14.1. The number of benzene rings is 2. The number of hydrogen-bond acceptors (Lipinski definition) is 5. The van der Waals surface area contributed by atoms with Crippen LogP contribution in [0, 0.1) is 0 Å². The van der Waals surface area contributed by atoms with Crippen molar-refractivity contribution in [3.8, 4) is 17.2 Å². The maximum atomic E-state index is 11.0. The lowest BCUT2D eigenvalue weighted by atomic mass is 10.2. The van der Waals surface area contributed by atoms with E-state index in [0.717, 1.165) is 56.1 Å². The van der Waals surface area contributed by atoms with Gasteiger partial charge in [-0.2, -0.15) is 0 Å².